The molecule has 1 saturated heterocycles. The number of rotatable bonds is 5. The minimum absolute atomic E-state index is 0.268. The normalized spacial score (nSPS) is 19.1. The van der Waals surface area contributed by atoms with Gasteiger partial charge in [-0.05, 0) is 61.7 Å². The van der Waals surface area contributed by atoms with Crippen LogP contribution in [0.15, 0.2) is 36.2 Å². The maximum Gasteiger partial charge on any atom is 0.137 e. The number of fused-ring (bicyclic) bond motifs is 1. The number of nitrogens with zero attached hydrogens (tertiary/aromatic N) is 3. The molecule has 6 nitrogen and oxygen atoms in total. The summed E-state index contributed by atoms with van der Waals surface area (Å²) in [7, 11) is 3.61. The summed E-state index contributed by atoms with van der Waals surface area (Å²) in [5, 5.41) is 10.6. The van der Waals surface area contributed by atoms with E-state index in [1.165, 1.54) is 5.57 Å². The predicted octanol–water partition coefficient (Wildman–Crippen LogP) is 2.65. The number of piperidine rings is 1. The quantitative estimate of drug-likeness (QED) is 0.878. The Hall–Kier alpha value is -2.31. The van der Waals surface area contributed by atoms with E-state index in [0.29, 0.717) is 6.61 Å². The Bertz CT molecular complexity index is 822. The van der Waals surface area contributed by atoms with Gasteiger partial charge in [0.15, 0.2) is 0 Å². The molecule has 0 saturated carbocycles. The Labute approximate surface area is 160 Å². The zero-order chi connectivity index (χ0) is 18.8. The van der Waals surface area contributed by atoms with E-state index < -0.39 is 6.10 Å². The molecular weight excluding hydrogens is 342 g/mol. The standard InChI is InChI=1S/C21H27N3O3/c1-23-10-7-22-21(23)20(25)16-5-8-24(9-6-16)13-15-11-17-12-18(26-2)3-4-19(17)27-14-15/h3-4,7,10-12,16,20,25H,5-6,8-9,13-14H2,1-2H3/t20-/m1/s1. The molecule has 1 atom stereocenters. The van der Waals surface area contributed by atoms with Gasteiger partial charge in [-0.3, -0.25) is 4.90 Å². The van der Waals surface area contributed by atoms with Crippen LogP contribution in [0.25, 0.3) is 6.08 Å². The number of aromatic nitrogens is 2. The van der Waals surface area contributed by atoms with Crippen molar-refractivity contribution >= 4 is 6.08 Å². The minimum atomic E-state index is -0.483. The van der Waals surface area contributed by atoms with E-state index in [0.717, 1.165) is 55.4 Å². The lowest BCUT2D eigenvalue weighted by molar-refractivity contribution is 0.0530. The molecule has 0 radical (unpaired) electrons. The van der Waals surface area contributed by atoms with Gasteiger partial charge in [-0.1, -0.05) is 0 Å². The molecule has 1 aromatic carbocycles. The third-order valence-corrected chi connectivity index (χ3v) is 5.62. The van der Waals surface area contributed by atoms with Crippen molar-refractivity contribution in [2.45, 2.75) is 18.9 Å². The van der Waals surface area contributed by atoms with Crippen LogP contribution < -0.4 is 9.47 Å². The summed E-state index contributed by atoms with van der Waals surface area (Å²) in [4.78, 5) is 6.75. The second-order valence-electron chi connectivity index (χ2n) is 7.45. The lowest BCUT2D eigenvalue weighted by Crippen LogP contribution is -2.38. The largest absolute Gasteiger partial charge is 0.497 e. The number of hydrogen-bond donors (Lipinski definition) is 1. The van der Waals surface area contributed by atoms with Gasteiger partial charge in [-0.15, -0.1) is 0 Å². The molecule has 0 unspecified atom stereocenters. The molecule has 144 valence electrons. The summed E-state index contributed by atoms with van der Waals surface area (Å²) in [6, 6.07) is 5.91. The maximum absolute atomic E-state index is 10.6. The summed E-state index contributed by atoms with van der Waals surface area (Å²) in [6.07, 6.45) is 7.32. The molecule has 0 spiro atoms. The van der Waals surface area contributed by atoms with Gasteiger partial charge in [0, 0.05) is 31.5 Å². The Morgan fingerprint density at radius 3 is 2.85 bits per heavy atom. The van der Waals surface area contributed by atoms with Crippen molar-refractivity contribution in [3.8, 4) is 11.5 Å². The van der Waals surface area contributed by atoms with Crippen LogP contribution in [0.1, 0.15) is 30.3 Å². The molecule has 1 fully saturated rings. The van der Waals surface area contributed by atoms with Crippen LogP contribution in [-0.4, -0.2) is 52.9 Å². The number of aryl methyl sites for hydroxylation is 1. The number of methoxy groups -OCH3 is 1. The lowest BCUT2D eigenvalue weighted by Gasteiger charge is -2.34. The number of benzene rings is 1. The fraction of sp³-hybridized carbons (Fsp3) is 0.476. The fourth-order valence-electron chi connectivity index (χ4n) is 4.01. The van der Waals surface area contributed by atoms with Gasteiger partial charge in [0.05, 0.1) is 7.11 Å². The first-order chi connectivity index (χ1) is 13.1. The Morgan fingerprint density at radius 2 is 2.15 bits per heavy atom. The van der Waals surface area contributed by atoms with Crippen LogP contribution in [-0.2, 0) is 7.05 Å². The number of aliphatic hydroxyl groups is 1. The smallest absolute Gasteiger partial charge is 0.137 e. The van der Waals surface area contributed by atoms with E-state index in [4.69, 9.17) is 9.47 Å². The average molecular weight is 369 g/mol. The molecule has 4 rings (SSSR count). The highest BCUT2D eigenvalue weighted by atomic mass is 16.5. The van der Waals surface area contributed by atoms with Gasteiger partial charge in [0.2, 0.25) is 0 Å². The molecule has 0 bridgehead atoms. The molecular formula is C21H27N3O3. The van der Waals surface area contributed by atoms with Crippen LogP contribution in [0.2, 0.25) is 0 Å². The monoisotopic (exact) mass is 369 g/mol. The zero-order valence-electron chi connectivity index (χ0n) is 16.0. The average Bonchev–Trinajstić information content (AvgIpc) is 3.13. The van der Waals surface area contributed by atoms with Crippen LogP contribution in [0.3, 0.4) is 0 Å². The molecule has 1 N–H and O–H groups in total. The van der Waals surface area contributed by atoms with Crippen molar-refractivity contribution in [1.82, 2.24) is 14.5 Å². The highest BCUT2D eigenvalue weighted by molar-refractivity contribution is 5.64. The van der Waals surface area contributed by atoms with Crippen LogP contribution in [0, 0.1) is 5.92 Å². The van der Waals surface area contributed by atoms with Gasteiger partial charge in [-0.25, -0.2) is 4.98 Å². The molecule has 0 aliphatic carbocycles. The molecule has 1 aromatic heterocycles. The third-order valence-electron chi connectivity index (χ3n) is 5.62. The molecule has 2 aromatic rings. The van der Waals surface area contributed by atoms with E-state index in [1.807, 2.05) is 36.0 Å². The second kappa shape index (κ2) is 7.74. The van der Waals surface area contributed by atoms with Crippen molar-refractivity contribution < 1.29 is 14.6 Å². The van der Waals surface area contributed by atoms with Gasteiger partial charge in [0.25, 0.3) is 0 Å². The van der Waals surface area contributed by atoms with Crippen molar-refractivity contribution in [2.24, 2.45) is 13.0 Å². The van der Waals surface area contributed by atoms with Crippen molar-refractivity contribution in [3.63, 3.8) is 0 Å². The van der Waals surface area contributed by atoms with Crippen molar-refractivity contribution in [2.75, 3.05) is 33.4 Å². The number of hydrogen-bond acceptors (Lipinski definition) is 5. The number of imidazole rings is 1. The SMILES string of the molecule is COc1ccc2c(c1)C=C(CN1CCC([C@@H](O)c3nccn3C)CC1)CO2. The minimum Gasteiger partial charge on any atom is -0.497 e. The number of aliphatic hydroxyl groups excluding tert-OH is 1. The number of likely N-dealkylation sites (tertiary alicyclic amines) is 1. The summed E-state index contributed by atoms with van der Waals surface area (Å²) >= 11 is 0. The van der Waals surface area contributed by atoms with Crippen LogP contribution in [0.5, 0.6) is 11.5 Å². The molecule has 2 aliphatic heterocycles. The van der Waals surface area contributed by atoms with Crippen LogP contribution >= 0.6 is 0 Å². The first-order valence-corrected chi connectivity index (χ1v) is 9.52. The Balaban J connectivity index is 1.35. The Kier molecular flexibility index (Phi) is 5.18. The molecule has 2 aliphatic rings. The molecule has 3 heterocycles. The van der Waals surface area contributed by atoms with Crippen molar-refractivity contribution in [1.29, 1.82) is 0 Å². The highest BCUT2D eigenvalue weighted by Gasteiger charge is 2.28. The zero-order valence-corrected chi connectivity index (χ0v) is 16.0. The van der Waals surface area contributed by atoms with Gasteiger partial charge >= 0.3 is 0 Å². The van der Waals surface area contributed by atoms with E-state index >= 15 is 0 Å². The lowest BCUT2D eigenvalue weighted by atomic mass is 9.90. The third kappa shape index (κ3) is 3.87. The van der Waals surface area contributed by atoms with Gasteiger partial charge in [0.1, 0.15) is 30.0 Å². The Morgan fingerprint density at radius 1 is 1.33 bits per heavy atom. The van der Waals surface area contributed by atoms with E-state index in [9.17, 15) is 5.11 Å². The first-order valence-electron chi connectivity index (χ1n) is 9.52. The topological polar surface area (TPSA) is 59.8 Å². The maximum atomic E-state index is 10.6. The van der Waals surface area contributed by atoms with E-state index in [1.54, 1.807) is 13.3 Å². The molecule has 0 amide bonds. The van der Waals surface area contributed by atoms with Gasteiger partial charge in [-0.2, -0.15) is 0 Å². The summed E-state index contributed by atoms with van der Waals surface area (Å²) in [6.45, 7) is 3.50. The fourth-order valence-corrected chi connectivity index (χ4v) is 4.01. The molecule has 27 heavy (non-hydrogen) atoms. The summed E-state index contributed by atoms with van der Waals surface area (Å²) in [5.74, 6) is 2.79. The highest BCUT2D eigenvalue weighted by Crippen LogP contribution is 2.32. The van der Waals surface area contributed by atoms with E-state index in [-0.39, 0.29) is 5.92 Å². The van der Waals surface area contributed by atoms with E-state index in [2.05, 4.69) is 16.0 Å². The first kappa shape index (κ1) is 18.1. The van der Waals surface area contributed by atoms with Crippen molar-refractivity contribution in [3.05, 3.63) is 47.6 Å². The van der Waals surface area contributed by atoms with Gasteiger partial charge < -0.3 is 19.1 Å². The number of ether oxygens (including phenoxy) is 2. The summed E-state index contributed by atoms with van der Waals surface area (Å²) in [5.41, 5.74) is 2.36. The predicted molar refractivity (Wildman–Crippen MR) is 104 cm³/mol. The second-order valence-corrected chi connectivity index (χ2v) is 7.45. The van der Waals surface area contributed by atoms with Crippen LogP contribution in [0.4, 0.5) is 0 Å². The summed E-state index contributed by atoms with van der Waals surface area (Å²) < 4.78 is 13.1. The molecule has 6 heteroatoms.